The van der Waals surface area contributed by atoms with Crippen molar-refractivity contribution >= 4 is 0 Å². The van der Waals surface area contributed by atoms with E-state index >= 15 is 0 Å². The summed E-state index contributed by atoms with van der Waals surface area (Å²) in [6.45, 7) is 12.3. The first kappa shape index (κ1) is 19.7. The SMILES string of the molecule is CC(C)=CCC[C@@H](C)[C@H]1CC[C@H]2[C@@H]3C[C@@H](O)[C@]45C[C@@H]4CC[C@]5(C)[C@H]3CC[C@]12C. The molecular formula is C27H44O. The van der Waals surface area contributed by atoms with Crippen LogP contribution < -0.4 is 0 Å². The van der Waals surface area contributed by atoms with Crippen molar-refractivity contribution in [3.05, 3.63) is 11.6 Å². The van der Waals surface area contributed by atoms with Gasteiger partial charge in [0.25, 0.3) is 0 Å². The summed E-state index contributed by atoms with van der Waals surface area (Å²) in [6.07, 6.45) is 16.1. The third kappa shape index (κ3) is 2.41. The van der Waals surface area contributed by atoms with Crippen LogP contribution >= 0.6 is 0 Å². The Hall–Kier alpha value is -0.300. The average molecular weight is 385 g/mol. The maximum atomic E-state index is 11.3. The van der Waals surface area contributed by atoms with Crippen LogP contribution in [0.2, 0.25) is 0 Å². The van der Waals surface area contributed by atoms with E-state index in [1.807, 2.05) is 0 Å². The highest BCUT2D eigenvalue weighted by atomic mass is 16.3. The van der Waals surface area contributed by atoms with Gasteiger partial charge >= 0.3 is 0 Å². The Morgan fingerprint density at radius 3 is 2.57 bits per heavy atom. The minimum absolute atomic E-state index is 0.00254. The standard InChI is InChI=1S/C27H44O/c1-17(2)7-6-8-18(3)21-9-10-22-20-15-24(28)27-16-19(27)11-14-26(27,5)23(20)12-13-25(21,22)4/h7,18-24,28H,6,8-16H2,1-5H3/t18-,19+,20+,21-,22+,23+,24-,25-,26-,27+/m1/s1. The molecule has 10 atom stereocenters. The average Bonchev–Trinajstić information content (AvgIpc) is 3.15. The van der Waals surface area contributed by atoms with Gasteiger partial charge < -0.3 is 5.11 Å². The quantitative estimate of drug-likeness (QED) is 0.517. The minimum Gasteiger partial charge on any atom is -0.393 e. The molecule has 0 aromatic carbocycles. The van der Waals surface area contributed by atoms with Crippen LogP contribution in [-0.2, 0) is 0 Å². The van der Waals surface area contributed by atoms with E-state index in [-0.39, 0.29) is 6.10 Å². The van der Waals surface area contributed by atoms with Gasteiger partial charge in [0.1, 0.15) is 0 Å². The Labute approximate surface area is 173 Å². The topological polar surface area (TPSA) is 20.2 Å². The molecule has 0 heterocycles. The van der Waals surface area contributed by atoms with Crippen LogP contribution in [0, 0.1) is 51.8 Å². The Bertz CT molecular complexity index is 661. The first-order valence-electron chi connectivity index (χ1n) is 12.6. The highest BCUT2D eigenvalue weighted by Crippen LogP contribution is 2.81. The van der Waals surface area contributed by atoms with Gasteiger partial charge in [-0.15, -0.1) is 0 Å². The smallest absolute Gasteiger partial charge is 0.0607 e. The van der Waals surface area contributed by atoms with Crippen molar-refractivity contribution < 1.29 is 5.11 Å². The van der Waals surface area contributed by atoms with E-state index in [0.29, 0.717) is 16.2 Å². The fourth-order valence-corrected chi connectivity index (χ4v) is 10.1. The second-order valence-electron chi connectivity index (χ2n) is 12.6. The van der Waals surface area contributed by atoms with E-state index in [1.165, 1.54) is 63.4 Å². The zero-order valence-electron chi connectivity index (χ0n) is 19.1. The Morgan fingerprint density at radius 2 is 1.86 bits per heavy atom. The maximum absolute atomic E-state index is 11.3. The molecule has 5 rings (SSSR count). The number of aliphatic hydroxyl groups is 1. The summed E-state index contributed by atoms with van der Waals surface area (Å²) >= 11 is 0. The van der Waals surface area contributed by atoms with Crippen molar-refractivity contribution in [2.24, 2.45) is 51.8 Å². The summed E-state index contributed by atoms with van der Waals surface area (Å²) in [5.41, 5.74) is 2.80. The molecular weight excluding hydrogens is 340 g/mol. The van der Waals surface area contributed by atoms with Gasteiger partial charge in [0, 0.05) is 5.41 Å². The first-order chi connectivity index (χ1) is 13.2. The van der Waals surface area contributed by atoms with Gasteiger partial charge in [0.15, 0.2) is 0 Å². The van der Waals surface area contributed by atoms with Crippen molar-refractivity contribution in [2.75, 3.05) is 0 Å². The summed E-state index contributed by atoms with van der Waals surface area (Å²) in [7, 11) is 0. The Balaban J connectivity index is 1.36. The van der Waals surface area contributed by atoms with E-state index < -0.39 is 0 Å². The number of hydrogen-bond acceptors (Lipinski definition) is 1. The molecule has 5 fully saturated rings. The lowest BCUT2D eigenvalue weighted by Gasteiger charge is -2.60. The van der Waals surface area contributed by atoms with Crippen molar-refractivity contribution in [3.63, 3.8) is 0 Å². The molecule has 5 aliphatic carbocycles. The van der Waals surface area contributed by atoms with Gasteiger partial charge in [0.05, 0.1) is 6.10 Å². The summed E-state index contributed by atoms with van der Waals surface area (Å²) in [6, 6.07) is 0. The van der Waals surface area contributed by atoms with Crippen molar-refractivity contribution in [3.8, 4) is 0 Å². The minimum atomic E-state index is 0.00254. The zero-order chi connectivity index (χ0) is 19.9. The second-order valence-corrected chi connectivity index (χ2v) is 12.6. The van der Waals surface area contributed by atoms with Gasteiger partial charge in [-0.1, -0.05) is 32.4 Å². The number of allylic oxidation sites excluding steroid dienone is 2. The molecule has 0 aliphatic heterocycles. The molecule has 0 aromatic rings. The van der Waals surface area contributed by atoms with Gasteiger partial charge in [-0.2, -0.15) is 0 Å². The first-order valence-corrected chi connectivity index (χ1v) is 12.6. The molecule has 1 spiro atoms. The van der Waals surface area contributed by atoms with Gasteiger partial charge in [-0.3, -0.25) is 0 Å². The van der Waals surface area contributed by atoms with Crippen LogP contribution in [0.5, 0.6) is 0 Å². The lowest BCUT2D eigenvalue weighted by Crippen LogP contribution is -2.56. The zero-order valence-corrected chi connectivity index (χ0v) is 19.1. The molecule has 0 bridgehead atoms. The summed E-state index contributed by atoms with van der Waals surface area (Å²) < 4.78 is 0. The highest BCUT2D eigenvalue weighted by Gasteiger charge is 2.77. The monoisotopic (exact) mass is 384 g/mol. The van der Waals surface area contributed by atoms with Crippen LogP contribution in [0.3, 0.4) is 0 Å². The van der Waals surface area contributed by atoms with E-state index in [2.05, 4.69) is 40.7 Å². The third-order valence-electron chi connectivity index (χ3n) is 11.5. The van der Waals surface area contributed by atoms with Gasteiger partial charge in [0.2, 0.25) is 0 Å². The van der Waals surface area contributed by atoms with Crippen LogP contribution in [0.4, 0.5) is 0 Å². The van der Waals surface area contributed by atoms with E-state index in [0.717, 1.165) is 41.9 Å². The Kier molecular flexibility index (Phi) is 4.46. The molecule has 5 saturated carbocycles. The Morgan fingerprint density at radius 1 is 1.07 bits per heavy atom. The lowest BCUT2D eigenvalue weighted by atomic mass is 9.45. The fourth-order valence-electron chi connectivity index (χ4n) is 10.1. The van der Waals surface area contributed by atoms with Crippen LogP contribution in [0.1, 0.15) is 98.8 Å². The molecule has 1 nitrogen and oxygen atoms in total. The number of fused-ring (bicyclic) bond motifs is 4. The van der Waals surface area contributed by atoms with Crippen LogP contribution in [0.25, 0.3) is 0 Å². The number of hydrogen-bond donors (Lipinski definition) is 1. The molecule has 0 radical (unpaired) electrons. The molecule has 1 N–H and O–H groups in total. The maximum Gasteiger partial charge on any atom is 0.0607 e. The largest absolute Gasteiger partial charge is 0.393 e. The van der Waals surface area contributed by atoms with Crippen molar-refractivity contribution in [1.29, 1.82) is 0 Å². The molecule has 1 heteroatoms. The predicted molar refractivity (Wildman–Crippen MR) is 117 cm³/mol. The van der Waals surface area contributed by atoms with Gasteiger partial charge in [-0.05, 0) is 124 Å². The normalized spacial score (nSPS) is 54.9. The molecule has 158 valence electrons. The van der Waals surface area contributed by atoms with Crippen molar-refractivity contribution in [2.45, 2.75) is 105 Å². The molecule has 0 unspecified atom stereocenters. The summed E-state index contributed by atoms with van der Waals surface area (Å²) in [5, 5.41) is 11.3. The molecule has 0 saturated heterocycles. The molecule has 0 amide bonds. The third-order valence-corrected chi connectivity index (χ3v) is 11.5. The van der Waals surface area contributed by atoms with Crippen molar-refractivity contribution in [1.82, 2.24) is 0 Å². The van der Waals surface area contributed by atoms with E-state index in [9.17, 15) is 5.11 Å². The summed E-state index contributed by atoms with van der Waals surface area (Å²) in [4.78, 5) is 0. The fraction of sp³-hybridized carbons (Fsp3) is 0.926. The molecule has 5 aliphatic rings. The lowest BCUT2D eigenvalue weighted by molar-refractivity contribution is -0.152. The second kappa shape index (κ2) is 6.35. The van der Waals surface area contributed by atoms with E-state index in [4.69, 9.17) is 0 Å². The van der Waals surface area contributed by atoms with E-state index in [1.54, 1.807) is 0 Å². The molecule has 0 aromatic heterocycles. The van der Waals surface area contributed by atoms with Crippen LogP contribution in [-0.4, -0.2) is 11.2 Å². The van der Waals surface area contributed by atoms with Gasteiger partial charge in [-0.25, -0.2) is 0 Å². The number of rotatable bonds is 4. The summed E-state index contributed by atoms with van der Waals surface area (Å²) in [5.74, 6) is 5.20. The predicted octanol–water partition coefficient (Wildman–Crippen LogP) is 7.00. The number of aliphatic hydroxyl groups excluding tert-OH is 1. The highest BCUT2D eigenvalue weighted by molar-refractivity contribution is 5.25. The molecule has 28 heavy (non-hydrogen) atoms. The van der Waals surface area contributed by atoms with Crippen LogP contribution in [0.15, 0.2) is 11.6 Å².